The number of nitrogens with zero attached hydrogens (tertiary/aromatic N) is 2. The van der Waals surface area contributed by atoms with E-state index in [0.717, 1.165) is 19.8 Å². The molecule has 2 aliphatic heterocycles. The zero-order valence-corrected chi connectivity index (χ0v) is 14.3. The van der Waals surface area contributed by atoms with Gasteiger partial charge in [-0.2, -0.15) is 0 Å². The second-order valence-corrected chi connectivity index (χ2v) is 6.47. The fourth-order valence-corrected chi connectivity index (χ4v) is 2.57. The maximum absolute atomic E-state index is 5.54. The van der Waals surface area contributed by atoms with Crippen LogP contribution in [0.1, 0.15) is 41.5 Å². The van der Waals surface area contributed by atoms with Gasteiger partial charge in [0.15, 0.2) is 0 Å². The molecule has 0 aliphatic carbocycles. The van der Waals surface area contributed by atoms with Gasteiger partial charge in [-0.05, 0) is 47.2 Å². The summed E-state index contributed by atoms with van der Waals surface area (Å²) < 4.78 is 11.1. The standard InChI is InChI=1S/2C8H17NO.CH4/c1-7-6-9(3)4-5-10-8(7)2;1-7-8(2)10-6-4-5-9(7)3;/h2*7-8H,4-6H2,1-3H3;1H4. The van der Waals surface area contributed by atoms with Crippen LogP contribution in [-0.4, -0.2) is 75.0 Å². The topological polar surface area (TPSA) is 24.9 Å². The minimum atomic E-state index is 0. The third-order valence-corrected chi connectivity index (χ3v) is 4.67. The molecule has 2 saturated heterocycles. The van der Waals surface area contributed by atoms with Crippen LogP contribution in [0.3, 0.4) is 0 Å². The average molecular weight is 303 g/mol. The average Bonchev–Trinajstić information content (AvgIpc) is 2.63. The van der Waals surface area contributed by atoms with E-state index in [0.29, 0.717) is 24.2 Å². The van der Waals surface area contributed by atoms with Crippen molar-refractivity contribution in [3.63, 3.8) is 0 Å². The van der Waals surface area contributed by atoms with E-state index >= 15 is 0 Å². The van der Waals surface area contributed by atoms with Gasteiger partial charge in [-0.1, -0.05) is 14.4 Å². The van der Waals surface area contributed by atoms with Crippen molar-refractivity contribution in [2.45, 2.75) is 59.8 Å². The highest BCUT2D eigenvalue weighted by atomic mass is 16.5. The van der Waals surface area contributed by atoms with Gasteiger partial charge >= 0.3 is 0 Å². The van der Waals surface area contributed by atoms with E-state index in [1.54, 1.807) is 0 Å². The Morgan fingerprint density at radius 2 is 1.48 bits per heavy atom. The molecule has 4 nitrogen and oxygen atoms in total. The van der Waals surface area contributed by atoms with E-state index in [2.05, 4.69) is 51.6 Å². The second-order valence-electron chi connectivity index (χ2n) is 6.47. The summed E-state index contributed by atoms with van der Waals surface area (Å²) in [5.41, 5.74) is 0. The number of rotatable bonds is 0. The van der Waals surface area contributed by atoms with Gasteiger partial charge in [0.2, 0.25) is 0 Å². The Morgan fingerprint density at radius 1 is 0.857 bits per heavy atom. The molecule has 2 heterocycles. The zero-order chi connectivity index (χ0) is 15.1. The summed E-state index contributed by atoms with van der Waals surface area (Å²) in [6, 6.07) is 0.572. The van der Waals surface area contributed by atoms with Gasteiger partial charge in [0.05, 0.1) is 18.8 Å². The summed E-state index contributed by atoms with van der Waals surface area (Å²) in [5, 5.41) is 0. The molecule has 2 rings (SSSR count). The number of hydrogen-bond acceptors (Lipinski definition) is 4. The molecule has 4 heteroatoms. The van der Waals surface area contributed by atoms with Gasteiger partial charge in [0.1, 0.15) is 0 Å². The molecule has 0 aromatic heterocycles. The SMILES string of the molecule is C.CC1CN(C)CCOC1C.CC1OCCCN(C)C1C. The Morgan fingerprint density at radius 3 is 2.14 bits per heavy atom. The van der Waals surface area contributed by atoms with Crippen LogP contribution in [0.15, 0.2) is 0 Å². The Kier molecular flexibility index (Phi) is 10.5. The molecule has 4 atom stereocenters. The molecule has 0 spiro atoms. The normalized spacial score (nSPS) is 35.7. The van der Waals surface area contributed by atoms with Crippen LogP contribution in [0.2, 0.25) is 0 Å². The van der Waals surface area contributed by atoms with E-state index in [1.165, 1.54) is 19.5 Å². The van der Waals surface area contributed by atoms with Crippen molar-refractivity contribution in [2.75, 3.05) is 46.9 Å². The van der Waals surface area contributed by atoms with E-state index in [4.69, 9.17) is 9.47 Å². The summed E-state index contributed by atoms with van der Waals surface area (Å²) in [6.45, 7) is 14.0. The van der Waals surface area contributed by atoms with Gasteiger partial charge in [-0.25, -0.2) is 0 Å². The summed E-state index contributed by atoms with van der Waals surface area (Å²) >= 11 is 0. The van der Waals surface area contributed by atoms with E-state index in [9.17, 15) is 0 Å². The minimum absolute atomic E-state index is 0. The molecule has 2 aliphatic rings. The fraction of sp³-hybridized carbons (Fsp3) is 1.00. The Hall–Kier alpha value is -0.160. The molecule has 2 fully saturated rings. The van der Waals surface area contributed by atoms with Crippen LogP contribution in [0.5, 0.6) is 0 Å². The molecule has 21 heavy (non-hydrogen) atoms. The van der Waals surface area contributed by atoms with Crippen molar-refractivity contribution in [3.05, 3.63) is 0 Å². The first-order valence-electron chi connectivity index (χ1n) is 8.03. The summed E-state index contributed by atoms with van der Waals surface area (Å²) in [4.78, 5) is 4.69. The highest BCUT2D eigenvalue weighted by Crippen LogP contribution is 2.11. The number of likely N-dealkylation sites (N-methyl/N-ethyl adjacent to an activating group) is 2. The van der Waals surface area contributed by atoms with E-state index in [1.807, 2.05) is 0 Å². The van der Waals surface area contributed by atoms with Gasteiger partial charge in [0.25, 0.3) is 0 Å². The monoisotopic (exact) mass is 302 g/mol. The molecule has 0 aromatic rings. The lowest BCUT2D eigenvalue weighted by Gasteiger charge is -2.25. The Balaban J connectivity index is 0.000000364. The van der Waals surface area contributed by atoms with Crippen molar-refractivity contribution in [2.24, 2.45) is 5.92 Å². The lowest BCUT2D eigenvalue weighted by Crippen LogP contribution is -2.36. The van der Waals surface area contributed by atoms with Crippen molar-refractivity contribution in [3.8, 4) is 0 Å². The van der Waals surface area contributed by atoms with Crippen molar-refractivity contribution >= 4 is 0 Å². The van der Waals surface area contributed by atoms with Gasteiger partial charge < -0.3 is 19.3 Å². The van der Waals surface area contributed by atoms with Crippen LogP contribution in [0, 0.1) is 5.92 Å². The van der Waals surface area contributed by atoms with Crippen molar-refractivity contribution in [1.82, 2.24) is 9.80 Å². The van der Waals surface area contributed by atoms with Crippen LogP contribution >= 0.6 is 0 Å². The summed E-state index contributed by atoms with van der Waals surface area (Å²) in [7, 11) is 4.31. The molecule has 0 radical (unpaired) electrons. The minimum Gasteiger partial charge on any atom is -0.377 e. The number of hydrogen-bond donors (Lipinski definition) is 0. The maximum atomic E-state index is 5.54. The molecule has 0 amide bonds. The maximum Gasteiger partial charge on any atom is 0.0699 e. The van der Waals surface area contributed by atoms with Crippen molar-refractivity contribution < 1.29 is 9.47 Å². The predicted octanol–water partition coefficient (Wildman–Crippen LogP) is 2.72. The second kappa shape index (κ2) is 10.5. The van der Waals surface area contributed by atoms with Crippen LogP contribution in [0.25, 0.3) is 0 Å². The lowest BCUT2D eigenvalue weighted by molar-refractivity contribution is 0.0408. The molecular weight excluding hydrogens is 264 g/mol. The highest BCUT2D eigenvalue weighted by Gasteiger charge is 2.20. The summed E-state index contributed by atoms with van der Waals surface area (Å²) in [6.07, 6.45) is 2.00. The van der Waals surface area contributed by atoms with Crippen LogP contribution in [0.4, 0.5) is 0 Å². The zero-order valence-electron chi connectivity index (χ0n) is 14.3. The van der Waals surface area contributed by atoms with Crippen molar-refractivity contribution in [1.29, 1.82) is 0 Å². The van der Waals surface area contributed by atoms with Gasteiger partial charge in [0, 0.05) is 32.3 Å². The first-order chi connectivity index (χ1) is 9.41. The molecule has 128 valence electrons. The molecule has 0 saturated carbocycles. The molecular formula is C17H38N2O2. The van der Waals surface area contributed by atoms with E-state index < -0.39 is 0 Å². The largest absolute Gasteiger partial charge is 0.377 e. The first-order valence-corrected chi connectivity index (χ1v) is 8.03. The van der Waals surface area contributed by atoms with Crippen LogP contribution in [-0.2, 0) is 9.47 Å². The highest BCUT2D eigenvalue weighted by molar-refractivity contribution is 4.72. The molecule has 0 bridgehead atoms. The first kappa shape index (κ1) is 20.8. The van der Waals surface area contributed by atoms with Gasteiger partial charge in [-0.3, -0.25) is 0 Å². The smallest absolute Gasteiger partial charge is 0.0699 e. The summed E-state index contributed by atoms with van der Waals surface area (Å²) in [5.74, 6) is 0.674. The Bertz CT molecular complexity index is 251. The fourth-order valence-electron chi connectivity index (χ4n) is 2.57. The number of ether oxygens (including phenoxy) is 2. The molecule has 0 N–H and O–H groups in total. The third kappa shape index (κ3) is 7.59. The molecule has 4 unspecified atom stereocenters. The van der Waals surface area contributed by atoms with Crippen LogP contribution < -0.4 is 0 Å². The Labute approximate surface area is 132 Å². The third-order valence-electron chi connectivity index (χ3n) is 4.67. The lowest BCUT2D eigenvalue weighted by atomic mass is 10.1. The predicted molar refractivity (Wildman–Crippen MR) is 90.9 cm³/mol. The quantitative estimate of drug-likeness (QED) is 0.687. The van der Waals surface area contributed by atoms with Gasteiger partial charge in [-0.15, -0.1) is 0 Å². The molecule has 0 aromatic carbocycles. The van der Waals surface area contributed by atoms with E-state index in [-0.39, 0.29) is 7.43 Å².